The topological polar surface area (TPSA) is 12.5 Å². The lowest BCUT2D eigenvalue weighted by atomic mass is 10.0. The Kier molecular flexibility index (Phi) is 5.11. The van der Waals surface area contributed by atoms with Crippen LogP contribution in [0.2, 0.25) is 0 Å². The van der Waals surface area contributed by atoms with Gasteiger partial charge in [0.1, 0.15) is 11.6 Å². The molecule has 0 bridgehead atoms. The molecule has 0 radical (unpaired) electrons. The Hall–Kier alpha value is -2.39. The van der Waals surface area contributed by atoms with Gasteiger partial charge in [0.05, 0.1) is 6.61 Å². The van der Waals surface area contributed by atoms with Crippen molar-refractivity contribution < 1.29 is 9.13 Å². The molecule has 0 heterocycles. The first-order chi connectivity index (χ1) is 11.6. The molecule has 0 fully saturated rings. The van der Waals surface area contributed by atoms with Crippen LogP contribution in [0.5, 0.6) is 5.75 Å². The largest absolute Gasteiger partial charge is 0.493 e. The van der Waals surface area contributed by atoms with E-state index < -0.39 is 0 Å². The van der Waals surface area contributed by atoms with Crippen LogP contribution in [0, 0.1) is 5.82 Å². The molecule has 0 spiro atoms. The zero-order chi connectivity index (χ0) is 16.9. The van der Waals surface area contributed by atoms with Crippen LogP contribution in [0.15, 0.2) is 66.7 Å². The molecule has 0 N–H and O–H groups in total. The van der Waals surface area contributed by atoms with Gasteiger partial charge >= 0.3 is 0 Å². The summed E-state index contributed by atoms with van der Waals surface area (Å²) in [6.45, 7) is 0.577. The number of halogens is 1. The van der Waals surface area contributed by atoms with Crippen molar-refractivity contribution in [3.8, 4) is 5.75 Å². The van der Waals surface area contributed by atoms with E-state index in [0.29, 0.717) is 6.61 Å². The van der Waals surface area contributed by atoms with Gasteiger partial charge in [0.2, 0.25) is 0 Å². The highest BCUT2D eigenvalue weighted by molar-refractivity contribution is 5.88. The molecule has 3 aromatic rings. The normalized spacial score (nSPS) is 12.5. The molecule has 3 aromatic carbocycles. The van der Waals surface area contributed by atoms with Gasteiger partial charge in [0, 0.05) is 17.8 Å². The number of rotatable bonds is 6. The predicted molar refractivity (Wildman–Crippen MR) is 96.9 cm³/mol. The summed E-state index contributed by atoms with van der Waals surface area (Å²) in [4.78, 5) is 2.10. The van der Waals surface area contributed by atoms with Crippen LogP contribution >= 0.6 is 0 Å². The van der Waals surface area contributed by atoms with E-state index in [1.807, 2.05) is 44.4 Å². The molecular weight excluding hydrogens is 301 g/mol. The van der Waals surface area contributed by atoms with Crippen molar-refractivity contribution >= 4 is 10.8 Å². The fraction of sp³-hybridized carbons (Fsp3) is 0.238. The molecule has 0 saturated heterocycles. The van der Waals surface area contributed by atoms with Gasteiger partial charge in [-0.3, -0.25) is 0 Å². The molecule has 1 atom stereocenters. The van der Waals surface area contributed by atoms with Gasteiger partial charge in [-0.25, -0.2) is 4.39 Å². The molecule has 0 aliphatic rings. The summed E-state index contributed by atoms with van der Waals surface area (Å²) >= 11 is 0. The Bertz CT molecular complexity index is 810. The summed E-state index contributed by atoms with van der Waals surface area (Å²) in [6.07, 6.45) is 0.791. The van der Waals surface area contributed by atoms with Crippen molar-refractivity contribution in [3.63, 3.8) is 0 Å². The van der Waals surface area contributed by atoms with Crippen LogP contribution in [0.3, 0.4) is 0 Å². The van der Waals surface area contributed by atoms with E-state index in [2.05, 4.69) is 23.1 Å². The minimum Gasteiger partial charge on any atom is -0.493 e. The Balaban J connectivity index is 1.71. The Labute approximate surface area is 142 Å². The first kappa shape index (κ1) is 16.5. The minimum absolute atomic E-state index is 0.121. The molecule has 124 valence electrons. The Morgan fingerprint density at radius 3 is 2.50 bits per heavy atom. The molecule has 3 heteroatoms. The van der Waals surface area contributed by atoms with Gasteiger partial charge in [0.15, 0.2) is 0 Å². The van der Waals surface area contributed by atoms with Crippen LogP contribution < -0.4 is 4.74 Å². The molecule has 0 saturated carbocycles. The second-order valence-corrected chi connectivity index (χ2v) is 6.15. The van der Waals surface area contributed by atoms with Crippen molar-refractivity contribution in [1.82, 2.24) is 4.90 Å². The SMILES string of the molecule is CN(C)[C@@H](CCOc1cccc2ccccc12)c1cccc(F)c1. The number of hydrogen-bond donors (Lipinski definition) is 0. The summed E-state index contributed by atoms with van der Waals surface area (Å²) in [7, 11) is 4.01. The highest BCUT2D eigenvalue weighted by Gasteiger charge is 2.15. The third-order valence-corrected chi connectivity index (χ3v) is 4.26. The molecular formula is C21H22FNO. The maximum Gasteiger partial charge on any atom is 0.127 e. The molecule has 0 aliphatic heterocycles. The molecule has 24 heavy (non-hydrogen) atoms. The Morgan fingerprint density at radius 2 is 1.71 bits per heavy atom. The van der Waals surface area contributed by atoms with Gasteiger partial charge in [0.25, 0.3) is 0 Å². The molecule has 3 rings (SSSR count). The molecule has 0 amide bonds. The van der Waals surface area contributed by atoms with E-state index in [-0.39, 0.29) is 11.9 Å². The number of ether oxygens (including phenoxy) is 1. The van der Waals surface area contributed by atoms with E-state index in [0.717, 1.165) is 23.1 Å². The van der Waals surface area contributed by atoms with Gasteiger partial charge < -0.3 is 9.64 Å². The van der Waals surface area contributed by atoms with Crippen molar-refractivity contribution in [3.05, 3.63) is 78.1 Å². The predicted octanol–water partition coefficient (Wildman–Crippen LogP) is 5.05. The highest BCUT2D eigenvalue weighted by atomic mass is 19.1. The first-order valence-electron chi connectivity index (χ1n) is 8.17. The third-order valence-electron chi connectivity index (χ3n) is 4.26. The van der Waals surface area contributed by atoms with Crippen LogP contribution in [0.25, 0.3) is 10.8 Å². The highest BCUT2D eigenvalue weighted by Crippen LogP contribution is 2.27. The van der Waals surface area contributed by atoms with Crippen LogP contribution in [-0.4, -0.2) is 25.6 Å². The van der Waals surface area contributed by atoms with Gasteiger partial charge in [-0.15, -0.1) is 0 Å². The van der Waals surface area contributed by atoms with Crippen molar-refractivity contribution in [1.29, 1.82) is 0 Å². The van der Waals surface area contributed by atoms with E-state index in [4.69, 9.17) is 4.74 Å². The van der Waals surface area contributed by atoms with Crippen molar-refractivity contribution in [2.45, 2.75) is 12.5 Å². The maximum atomic E-state index is 13.5. The summed E-state index contributed by atoms with van der Waals surface area (Å²) in [5.74, 6) is 0.694. The standard InChI is InChI=1S/C21H22FNO/c1-23(2)20(17-9-5-10-18(22)15-17)13-14-24-21-12-6-8-16-7-3-4-11-19(16)21/h3-12,15,20H,13-14H2,1-2H3/t20-/m0/s1. The average molecular weight is 323 g/mol. The summed E-state index contributed by atoms with van der Waals surface area (Å²) < 4.78 is 19.5. The summed E-state index contributed by atoms with van der Waals surface area (Å²) in [5.41, 5.74) is 0.974. The fourth-order valence-corrected chi connectivity index (χ4v) is 3.04. The van der Waals surface area contributed by atoms with Crippen LogP contribution in [-0.2, 0) is 0 Å². The lowest BCUT2D eigenvalue weighted by Gasteiger charge is -2.25. The smallest absolute Gasteiger partial charge is 0.127 e. The van der Waals surface area contributed by atoms with Gasteiger partial charge in [-0.2, -0.15) is 0 Å². The fourth-order valence-electron chi connectivity index (χ4n) is 3.04. The van der Waals surface area contributed by atoms with Crippen molar-refractivity contribution in [2.24, 2.45) is 0 Å². The monoisotopic (exact) mass is 323 g/mol. The second-order valence-electron chi connectivity index (χ2n) is 6.15. The minimum atomic E-state index is -0.200. The third kappa shape index (κ3) is 3.74. The van der Waals surface area contributed by atoms with Crippen molar-refractivity contribution in [2.75, 3.05) is 20.7 Å². The van der Waals surface area contributed by atoms with E-state index in [1.54, 1.807) is 12.1 Å². The number of nitrogens with zero attached hydrogens (tertiary/aromatic N) is 1. The Morgan fingerprint density at radius 1 is 0.958 bits per heavy atom. The molecule has 0 unspecified atom stereocenters. The zero-order valence-electron chi connectivity index (χ0n) is 14.1. The molecule has 2 nitrogen and oxygen atoms in total. The van der Waals surface area contributed by atoms with E-state index >= 15 is 0 Å². The van der Waals surface area contributed by atoms with Gasteiger partial charge in [-0.1, -0.05) is 48.5 Å². The summed E-state index contributed by atoms with van der Waals surface area (Å²) in [6, 6.07) is 21.2. The lowest BCUT2D eigenvalue weighted by Crippen LogP contribution is -2.22. The maximum absolute atomic E-state index is 13.5. The van der Waals surface area contributed by atoms with E-state index in [9.17, 15) is 4.39 Å². The van der Waals surface area contributed by atoms with Crippen LogP contribution in [0.4, 0.5) is 4.39 Å². The molecule has 0 aliphatic carbocycles. The number of benzene rings is 3. The second kappa shape index (κ2) is 7.45. The number of hydrogen-bond acceptors (Lipinski definition) is 2. The molecule has 0 aromatic heterocycles. The summed E-state index contributed by atoms with van der Waals surface area (Å²) in [5, 5.41) is 2.29. The quantitative estimate of drug-likeness (QED) is 0.629. The average Bonchev–Trinajstić information content (AvgIpc) is 2.58. The van der Waals surface area contributed by atoms with E-state index in [1.165, 1.54) is 11.5 Å². The zero-order valence-corrected chi connectivity index (χ0v) is 14.1. The van der Waals surface area contributed by atoms with Crippen LogP contribution in [0.1, 0.15) is 18.0 Å². The first-order valence-corrected chi connectivity index (χ1v) is 8.17. The van der Waals surface area contributed by atoms with Gasteiger partial charge in [-0.05, 0) is 43.2 Å². The lowest BCUT2D eigenvalue weighted by molar-refractivity contribution is 0.224. The number of fused-ring (bicyclic) bond motifs is 1.